The van der Waals surface area contributed by atoms with Crippen LogP contribution < -0.4 is 5.32 Å². The van der Waals surface area contributed by atoms with E-state index in [2.05, 4.69) is 22.2 Å². The lowest BCUT2D eigenvalue weighted by Crippen LogP contribution is -2.39. The summed E-state index contributed by atoms with van der Waals surface area (Å²) in [6.07, 6.45) is 3.74. The van der Waals surface area contributed by atoms with Crippen LogP contribution in [0.25, 0.3) is 0 Å². The number of piperidine rings is 1. The third-order valence-electron chi connectivity index (χ3n) is 4.02. The number of aromatic nitrogens is 2. The zero-order chi connectivity index (χ0) is 17.1. The number of rotatable bonds is 3. The Morgan fingerprint density at radius 1 is 1.29 bits per heavy atom. The summed E-state index contributed by atoms with van der Waals surface area (Å²) in [6, 6.07) is 6.83. The van der Waals surface area contributed by atoms with Crippen molar-refractivity contribution in [1.29, 1.82) is 0 Å². The van der Waals surface area contributed by atoms with E-state index in [9.17, 15) is 4.79 Å². The number of hydrogen-bond donors (Lipinski definition) is 1. The van der Waals surface area contributed by atoms with Crippen LogP contribution >= 0.6 is 23.2 Å². The van der Waals surface area contributed by atoms with Gasteiger partial charge in [-0.1, -0.05) is 36.2 Å². The number of amides is 1. The predicted octanol–water partition coefficient (Wildman–Crippen LogP) is 4.40. The van der Waals surface area contributed by atoms with Crippen molar-refractivity contribution in [2.75, 3.05) is 18.4 Å². The summed E-state index contributed by atoms with van der Waals surface area (Å²) < 4.78 is 0. The summed E-state index contributed by atoms with van der Waals surface area (Å²) in [6.45, 7) is 3.69. The van der Waals surface area contributed by atoms with E-state index in [1.165, 1.54) is 0 Å². The maximum absolute atomic E-state index is 12.6. The third-order valence-corrected chi connectivity index (χ3v) is 4.65. The number of para-hydroxylation sites is 1. The first-order chi connectivity index (χ1) is 11.5. The molecule has 5 nitrogen and oxygen atoms in total. The molecule has 3 rings (SSSR count). The molecule has 7 heteroatoms. The van der Waals surface area contributed by atoms with E-state index in [0.29, 0.717) is 33.3 Å². The van der Waals surface area contributed by atoms with Gasteiger partial charge in [0.2, 0.25) is 5.95 Å². The smallest absolute Gasteiger partial charge is 0.272 e. The van der Waals surface area contributed by atoms with E-state index in [1.807, 2.05) is 4.90 Å². The minimum Gasteiger partial charge on any atom is -0.337 e. The van der Waals surface area contributed by atoms with Gasteiger partial charge in [0.1, 0.15) is 5.69 Å². The zero-order valence-corrected chi connectivity index (χ0v) is 14.8. The fraction of sp³-hybridized carbons (Fsp3) is 0.353. The zero-order valence-electron chi connectivity index (χ0n) is 13.3. The predicted molar refractivity (Wildman–Crippen MR) is 96.1 cm³/mol. The number of carbonyl (C=O) groups is 1. The number of anilines is 2. The molecule has 2 heterocycles. The van der Waals surface area contributed by atoms with Gasteiger partial charge in [-0.3, -0.25) is 4.79 Å². The molecule has 1 atom stereocenters. The molecular formula is C17H18Cl2N4O. The summed E-state index contributed by atoms with van der Waals surface area (Å²) in [4.78, 5) is 23.0. The molecule has 1 aliphatic rings. The monoisotopic (exact) mass is 364 g/mol. The van der Waals surface area contributed by atoms with E-state index >= 15 is 0 Å². The molecule has 126 valence electrons. The Morgan fingerprint density at radius 3 is 2.75 bits per heavy atom. The van der Waals surface area contributed by atoms with E-state index < -0.39 is 0 Å². The first-order valence-corrected chi connectivity index (χ1v) is 8.63. The Labute approximate surface area is 151 Å². The second-order valence-electron chi connectivity index (χ2n) is 5.99. The lowest BCUT2D eigenvalue weighted by molar-refractivity contribution is 0.0677. The van der Waals surface area contributed by atoms with Crippen molar-refractivity contribution in [2.24, 2.45) is 5.92 Å². The van der Waals surface area contributed by atoms with Crippen molar-refractivity contribution in [3.8, 4) is 0 Å². The third kappa shape index (κ3) is 3.79. The Balaban J connectivity index is 1.80. The Kier molecular flexibility index (Phi) is 5.21. The fourth-order valence-corrected chi connectivity index (χ4v) is 3.29. The highest BCUT2D eigenvalue weighted by Gasteiger charge is 2.23. The van der Waals surface area contributed by atoms with Gasteiger partial charge in [-0.15, -0.1) is 0 Å². The molecule has 0 bridgehead atoms. The second-order valence-corrected chi connectivity index (χ2v) is 6.80. The van der Waals surface area contributed by atoms with Crippen LogP contribution in [0.1, 0.15) is 30.3 Å². The summed E-state index contributed by atoms with van der Waals surface area (Å²) in [5, 5.41) is 3.92. The molecule has 2 aromatic rings. The van der Waals surface area contributed by atoms with Crippen LogP contribution in [-0.4, -0.2) is 33.9 Å². The minimum absolute atomic E-state index is 0.0720. The van der Waals surface area contributed by atoms with Gasteiger partial charge in [0.05, 0.1) is 15.7 Å². The summed E-state index contributed by atoms with van der Waals surface area (Å²) in [5.74, 6) is 0.738. The molecule has 0 spiro atoms. The first kappa shape index (κ1) is 17.0. The van der Waals surface area contributed by atoms with Crippen LogP contribution in [0.3, 0.4) is 0 Å². The number of nitrogens with one attached hydrogen (secondary N) is 1. The van der Waals surface area contributed by atoms with Crippen molar-refractivity contribution in [2.45, 2.75) is 19.8 Å². The van der Waals surface area contributed by atoms with E-state index in [-0.39, 0.29) is 5.91 Å². The van der Waals surface area contributed by atoms with Gasteiger partial charge in [-0.05, 0) is 37.0 Å². The highest BCUT2D eigenvalue weighted by atomic mass is 35.5. The van der Waals surface area contributed by atoms with Gasteiger partial charge in [0.15, 0.2) is 0 Å². The molecule has 0 radical (unpaired) electrons. The molecular weight excluding hydrogens is 347 g/mol. The molecule has 1 aromatic heterocycles. The minimum atomic E-state index is -0.0720. The summed E-state index contributed by atoms with van der Waals surface area (Å²) in [5.41, 5.74) is 0.891. The maximum Gasteiger partial charge on any atom is 0.272 e. The molecule has 1 unspecified atom stereocenters. The highest BCUT2D eigenvalue weighted by Crippen LogP contribution is 2.31. The fourth-order valence-electron chi connectivity index (χ4n) is 2.80. The molecule has 1 aliphatic heterocycles. The molecule has 1 aromatic carbocycles. The number of halogens is 2. The topological polar surface area (TPSA) is 58.1 Å². The molecule has 0 aliphatic carbocycles. The normalized spacial score (nSPS) is 17.6. The van der Waals surface area contributed by atoms with Crippen LogP contribution in [0.15, 0.2) is 30.5 Å². The molecule has 1 saturated heterocycles. The van der Waals surface area contributed by atoms with Crippen molar-refractivity contribution >= 4 is 40.7 Å². The van der Waals surface area contributed by atoms with Crippen molar-refractivity contribution in [3.63, 3.8) is 0 Å². The summed E-state index contributed by atoms with van der Waals surface area (Å²) >= 11 is 12.3. The van der Waals surface area contributed by atoms with Crippen LogP contribution in [0.5, 0.6) is 0 Å². The number of benzene rings is 1. The summed E-state index contributed by atoms with van der Waals surface area (Å²) in [7, 11) is 0. The van der Waals surface area contributed by atoms with Gasteiger partial charge in [0, 0.05) is 19.3 Å². The van der Waals surface area contributed by atoms with Crippen LogP contribution in [0.2, 0.25) is 10.0 Å². The van der Waals surface area contributed by atoms with E-state index in [0.717, 1.165) is 25.9 Å². The number of hydrogen-bond acceptors (Lipinski definition) is 4. The van der Waals surface area contributed by atoms with Crippen molar-refractivity contribution < 1.29 is 4.79 Å². The number of nitrogens with zero attached hydrogens (tertiary/aromatic N) is 3. The highest BCUT2D eigenvalue weighted by molar-refractivity contribution is 6.39. The number of carbonyl (C=O) groups excluding carboxylic acids is 1. The molecule has 24 heavy (non-hydrogen) atoms. The second kappa shape index (κ2) is 7.36. The Hall–Kier alpha value is -1.85. The molecule has 0 saturated carbocycles. The molecule has 1 N–H and O–H groups in total. The average Bonchev–Trinajstić information content (AvgIpc) is 2.58. The maximum atomic E-state index is 12.6. The quantitative estimate of drug-likeness (QED) is 0.876. The Bertz CT molecular complexity index is 733. The van der Waals surface area contributed by atoms with Crippen LogP contribution in [0, 0.1) is 5.92 Å². The van der Waals surface area contributed by atoms with Gasteiger partial charge in [-0.25, -0.2) is 9.97 Å². The van der Waals surface area contributed by atoms with E-state index in [4.69, 9.17) is 23.2 Å². The molecule has 1 fully saturated rings. The van der Waals surface area contributed by atoms with Crippen molar-refractivity contribution in [3.05, 3.63) is 46.2 Å². The van der Waals surface area contributed by atoms with Crippen molar-refractivity contribution in [1.82, 2.24) is 14.9 Å². The van der Waals surface area contributed by atoms with Gasteiger partial charge in [0.25, 0.3) is 5.91 Å². The average molecular weight is 365 g/mol. The van der Waals surface area contributed by atoms with Gasteiger partial charge >= 0.3 is 0 Å². The Morgan fingerprint density at radius 2 is 2.04 bits per heavy atom. The molecule has 1 amide bonds. The van der Waals surface area contributed by atoms with Crippen LogP contribution in [0.4, 0.5) is 11.6 Å². The van der Waals surface area contributed by atoms with E-state index in [1.54, 1.807) is 30.5 Å². The first-order valence-electron chi connectivity index (χ1n) is 7.88. The van der Waals surface area contributed by atoms with Gasteiger partial charge < -0.3 is 10.2 Å². The lowest BCUT2D eigenvalue weighted by atomic mass is 10.00. The largest absolute Gasteiger partial charge is 0.337 e. The number of likely N-dealkylation sites (tertiary alicyclic amines) is 1. The lowest BCUT2D eigenvalue weighted by Gasteiger charge is -2.30. The SMILES string of the molecule is CC1CCCN(C(=O)c2ccnc(Nc3c(Cl)cccc3Cl)n2)C1. The standard InChI is InChI=1S/C17H18Cl2N4O/c1-11-4-3-9-23(10-11)16(24)14-7-8-20-17(21-14)22-15-12(18)5-2-6-13(15)19/h2,5-8,11H,3-4,9-10H2,1H3,(H,20,21,22). The van der Waals surface area contributed by atoms with Crippen LogP contribution in [-0.2, 0) is 0 Å². The van der Waals surface area contributed by atoms with Gasteiger partial charge in [-0.2, -0.15) is 0 Å².